The predicted octanol–water partition coefficient (Wildman–Crippen LogP) is 2.81. The summed E-state index contributed by atoms with van der Waals surface area (Å²) in [4.78, 5) is 0. The van der Waals surface area contributed by atoms with E-state index in [1.54, 1.807) is 12.1 Å². The molecule has 0 aliphatic carbocycles. The molecular weight excluding hydrogens is 198 g/mol. The van der Waals surface area contributed by atoms with Crippen LogP contribution in [0, 0.1) is 22.7 Å². The van der Waals surface area contributed by atoms with E-state index in [0.29, 0.717) is 0 Å². The molecule has 1 aromatic carbocycles. The molecule has 14 heavy (non-hydrogen) atoms. The maximum atomic E-state index is 7.59. The maximum absolute atomic E-state index is 7.59. The quantitative estimate of drug-likeness (QED) is 0.771. The zero-order valence-electron chi connectivity index (χ0n) is 7.79. The van der Waals surface area contributed by atoms with Crippen LogP contribution in [-0.2, 0) is 0 Å². The Labute approximate surface area is 88.5 Å². The maximum Gasteiger partial charge on any atom is 0.122 e. The minimum atomic E-state index is 0. The number of nitriles is 2. The Balaban J connectivity index is 0.000000292. The van der Waals surface area contributed by atoms with Gasteiger partial charge in [-0.2, -0.15) is 10.5 Å². The van der Waals surface area contributed by atoms with Crippen molar-refractivity contribution in [1.82, 2.24) is 0 Å². The van der Waals surface area contributed by atoms with Gasteiger partial charge in [0.05, 0.1) is 22.8 Å². The lowest BCUT2D eigenvalue weighted by Gasteiger charge is -1.99. The average Bonchev–Trinajstić information content (AvgIpc) is 2.21. The summed E-state index contributed by atoms with van der Waals surface area (Å²) in [6.07, 6.45) is 0. The Bertz CT molecular complexity index is 337. The lowest BCUT2D eigenvalue weighted by molar-refractivity contribution is 1.33. The first kappa shape index (κ1) is 12.3. The van der Waals surface area contributed by atoms with Crippen LogP contribution in [0.4, 0.5) is 5.69 Å². The van der Waals surface area contributed by atoms with Gasteiger partial charge in [0.25, 0.3) is 0 Å². The zero-order chi connectivity index (χ0) is 10.8. The van der Waals surface area contributed by atoms with E-state index in [9.17, 15) is 0 Å². The second kappa shape index (κ2) is 7.91. The van der Waals surface area contributed by atoms with E-state index in [1.807, 2.05) is 31.3 Å². The van der Waals surface area contributed by atoms with E-state index < -0.39 is 0 Å². The number of benzene rings is 1. The zero-order valence-corrected chi connectivity index (χ0v) is 8.54. The molecule has 0 aliphatic heterocycles. The van der Waals surface area contributed by atoms with Crippen molar-refractivity contribution in [3.05, 3.63) is 29.3 Å². The van der Waals surface area contributed by atoms with Gasteiger partial charge in [-0.05, 0) is 12.1 Å². The smallest absolute Gasteiger partial charge is 0.122 e. The number of anilines is 1. The number of nitrogens with zero attached hydrogens (tertiary/aromatic N) is 2. The SMILES string of the molecule is CNc1ccccc1Cl.N#CCC#N. The number of hydrogen-bond donors (Lipinski definition) is 1. The lowest BCUT2D eigenvalue weighted by atomic mass is 10.3. The van der Waals surface area contributed by atoms with Crippen LogP contribution < -0.4 is 5.32 Å². The van der Waals surface area contributed by atoms with Crippen molar-refractivity contribution < 1.29 is 0 Å². The molecule has 1 aromatic rings. The average molecular weight is 208 g/mol. The van der Waals surface area contributed by atoms with Gasteiger partial charge < -0.3 is 5.32 Å². The summed E-state index contributed by atoms with van der Waals surface area (Å²) >= 11 is 5.76. The molecule has 3 nitrogen and oxygen atoms in total. The van der Waals surface area contributed by atoms with Crippen molar-refractivity contribution in [2.75, 3.05) is 12.4 Å². The number of hydrogen-bond acceptors (Lipinski definition) is 3. The molecule has 0 aromatic heterocycles. The predicted molar refractivity (Wildman–Crippen MR) is 56.8 cm³/mol. The number of nitrogens with one attached hydrogen (secondary N) is 1. The molecule has 0 bridgehead atoms. The van der Waals surface area contributed by atoms with Gasteiger partial charge in [-0.3, -0.25) is 0 Å². The third-order valence-corrected chi connectivity index (χ3v) is 1.63. The van der Waals surface area contributed by atoms with Crippen LogP contribution in [0.2, 0.25) is 5.02 Å². The molecule has 72 valence electrons. The minimum Gasteiger partial charge on any atom is -0.387 e. The monoisotopic (exact) mass is 207 g/mol. The summed E-state index contributed by atoms with van der Waals surface area (Å²) in [5.41, 5.74) is 0.971. The van der Waals surface area contributed by atoms with E-state index in [4.69, 9.17) is 22.1 Å². The van der Waals surface area contributed by atoms with Gasteiger partial charge in [0.2, 0.25) is 0 Å². The van der Waals surface area contributed by atoms with E-state index in [1.165, 1.54) is 0 Å². The van der Waals surface area contributed by atoms with E-state index in [-0.39, 0.29) is 6.42 Å². The van der Waals surface area contributed by atoms with Crippen LogP contribution in [0.15, 0.2) is 24.3 Å². The fourth-order valence-corrected chi connectivity index (χ4v) is 0.930. The van der Waals surface area contributed by atoms with Gasteiger partial charge in [0.1, 0.15) is 6.42 Å². The minimum absolute atomic E-state index is 0. The molecule has 0 unspecified atom stereocenters. The highest BCUT2D eigenvalue weighted by atomic mass is 35.5. The molecule has 0 aliphatic rings. The highest BCUT2D eigenvalue weighted by Gasteiger charge is 1.91. The Morgan fingerprint density at radius 1 is 1.29 bits per heavy atom. The van der Waals surface area contributed by atoms with Gasteiger partial charge in [0.15, 0.2) is 0 Å². The third-order valence-electron chi connectivity index (χ3n) is 1.30. The highest BCUT2D eigenvalue weighted by molar-refractivity contribution is 6.33. The van der Waals surface area contributed by atoms with Crippen molar-refractivity contribution >= 4 is 17.3 Å². The van der Waals surface area contributed by atoms with Crippen LogP contribution in [0.1, 0.15) is 6.42 Å². The van der Waals surface area contributed by atoms with Gasteiger partial charge >= 0.3 is 0 Å². The van der Waals surface area contributed by atoms with Crippen molar-refractivity contribution in [3.63, 3.8) is 0 Å². The number of halogens is 1. The Morgan fingerprint density at radius 3 is 2.14 bits per heavy atom. The molecule has 4 heteroatoms. The van der Waals surface area contributed by atoms with Crippen LogP contribution in [0.5, 0.6) is 0 Å². The molecule has 0 radical (unpaired) electrons. The number of rotatable bonds is 1. The molecule has 0 atom stereocenters. The number of para-hydroxylation sites is 1. The van der Waals surface area contributed by atoms with Gasteiger partial charge in [0, 0.05) is 7.05 Å². The Hall–Kier alpha value is -1.71. The van der Waals surface area contributed by atoms with Crippen LogP contribution in [0.25, 0.3) is 0 Å². The summed E-state index contributed by atoms with van der Waals surface area (Å²) in [5.74, 6) is 0. The van der Waals surface area contributed by atoms with E-state index in [0.717, 1.165) is 10.7 Å². The second-order valence-corrected chi connectivity index (χ2v) is 2.63. The summed E-state index contributed by atoms with van der Waals surface area (Å²) in [7, 11) is 1.85. The van der Waals surface area contributed by atoms with Crippen molar-refractivity contribution in [1.29, 1.82) is 10.5 Å². The van der Waals surface area contributed by atoms with Gasteiger partial charge in [-0.15, -0.1) is 0 Å². The molecule has 0 heterocycles. The third kappa shape index (κ3) is 5.03. The topological polar surface area (TPSA) is 59.6 Å². The van der Waals surface area contributed by atoms with Crippen LogP contribution >= 0.6 is 11.6 Å². The lowest BCUT2D eigenvalue weighted by Crippen LogP contribution is -1.86. The molecule has 0 saturated carbocycles. The Morgan fingerprint density at radius 2 is 1.86 bits per heavy atom. The standard InChI is InChI=1S/C7H8ClN.C3H2N2/c1-9-7-5-3-2-4-6(7)8;4-2-1-3-5/h2-5,9H,1H3;1H2. The summed E-state index contributed by atoms with van der Waals surface area (Å²) in [5, 5.41) is 18.9. The first-order valence-corrected chi connectivity index (χ1v) is 4.30. The fraction of sp³-hybridized carbons (Fsp3) is 0.200. The van der Waals surface area contributed by atoms with E-state index >= 15 is 0 Å². The van der Waals surface area contributed by atoms with Gasteiger partial charge in [-0.25, -0.2) is 0 Å². The highest BCUT2D eigenvalue weighted by Crippen LogP contribution is 2.18. The first-order valence-electron chi connectivity index (χ1n) is 3.92. The summed E-state index contributed by atoms with van der Waals surface area (Å²) < 4.78 is 0. The molecule has 0 spiro atoms. The summed E-state index contributed by atoms with van der Waals surface area (Å²) in [6.45, 7) is 0. The van der Waals surface area contributed by atoms with Crippen molar-refractivity contribution in [2.45, 2.75) is 6.42 Å². The van der Waals surface area contributed by atoms with Crippen molar-refractivity contribution in [2.24, 2.45) is 0 Å². The largest absolute Gasteiger partial charge is 0.387 e. The van der Waals surface area contributed by atoms with Gasteiger partial charge in [-0.1, -0.05) is 23.7 Å². The second-order valence-electron chi connectivity index (χ2n) is 2.22. The van der Waals surface area contributed by atoms with E-state index in [2.05, 4.69) is 5.32 Å². The normalized spacial score (nSPS) is 7.43. The van der Waals surface area contributed by atoms with Crippen LogP contribution in [0.3, 0.4) is 0 Å². The fourth-order valence-electron chi connectivity index (χ4n) is 0.699. The Kier molecular flexibility index (Phi) is 6.95. The summed E-state index contributed by atoms with van der Waals surface area (Å²) in [6, 6.07) is 10.9. The molecule has 0 amide bonds. The van der Waals surface area contributed by atoms with Crippen molar-refractivity contribution in [3.8, 4) is 12.1 Å². The van der Waals surface area contributed by atoms with Crippen LogP contribution in [-0.4, -0.2) is 7.05 Å². The molecule has 1 rings (SSSR count). The molecule has 0 fully saturated rings. The molecule has 0 saturated heterocycles. The molecule has 1 N–H and O–H groups in total. The first-order chi connectivity index (χ1) is 6.76. The molecular formula is C10H10ClN3.